The molecule has 3 aromatic carbocycles. The van der Waals surface area contributed by atoms with Crippen LogP contribution in [0.1, 0.15) is 46.8 Å². The van der Waals surface area contributed by atoms with Gasteiger partial charge in [0.1, 0.15) is 0 Å². The number of hydrogen-bond donors (Lipinski definition) is 3. The monoisotopic (exact) mass is 413 g/mol. The summed E-state index contributed by atoms with van der Waals surface area (Å²) in [4.78, 5) is 24.8. The van der Waals surface area contributed by atoms with E-state index in [1.54, 1.807) is 24.3 Å². The number of carbonyl (C=O) groups is 2. The molecule has 5 heteroatoms. The molecule has 1 unspecified atom stereocenters. The molecule has 31 heavy (non-hydrogen) atoms. The summed E-state index contributed by atoms with van der Waals surface area (Å²) in [5, 5.41) is 8.86. The molecule has 0 aliphatic heterocycles. The number of urea groups is 1. The van der Waals surface area contributed by atoms with Gasteiger partial charge in [0.05, 0.1) is 6.04 Å². The summed E-state index contributed by atoms with van der Waals surface area (Å²) >= 11 is 0. The Morgan fingerprint density at radius 3 is 2.13 bits per heavy atom. The number of carbonyl (C=O) groups excluding carboxylic acids is 2. The van der Waals surface area contributed by atoms with E-state index in [0.717, 1.165) is 31.2 Å². The third-order valence-corrected chi connectivity index (χ3v) is 5.39. The van der Waals surface area contributed by atoms with E-state index in [0.29, 0.717) is 17.3 Å². The van der Waals surface area contributed by atoms with Crippen LogP contribution in [-0.4, -0.2) is 18.0 Å². The molecule has 0 aromatic heterocycles. The van der Waals surface area contributed by atoms with Crippen molar-refractivity contribution in [2.75, 3.05) is 5.32 Å². The van der Waals surface area contributed by atoms with Crippen molar-refractivity contribution in [3.63, 3.8) is 0 Å². The summed E-state index contributed by atoms with van der Waals surface area (Å²) < 4.78 is 0. The molecule has 1 aliphatic rings. The molecule has 1 saturated carbocycles. The third kappa shape index (κ3) is 6.19. The Hall–Kier alpha value is -3.60. The smallest absolute Gasteiger partial charge is 0.319 e. The fraction of sp³-hybridized carbons (Fsp3) is 0.231. The standard InChI is InChI=1S/C26H27N3O2/c30-25(21-12-14-22(15-13-21)27-26(31)28-23-16-17-23)29-24(20-9-5-2-6-10-20)18-11-19-7-3-1-4-8-19/h1-10,12-15,23-24H,11,16-18H2,(H,29,30)(H2,27,28,31). The average Bonchev–Trinajstić information content (AvgIpc) is 3.62. The largest absolute Gasteiger partial charge is 0.345 e. The number of anilines is 1. The van der Waals surface area contributed by atoms with Crippen LogP contribution < -0.4 is 16.0 Å². The number of hydrogen-bond acceptors (Lipinski definition) is 2. The molecule has 0 bridgehead atoms. The molecule has 3 N–H and O–H groups in total. The fourth-order valence-corrected chi connectivity index (χ4v) is 3.49. The molecule has 0 radical (unpaired) electrons. The Morgan fingerprint density at radius 2 is 1.48 bits per heavy atom. The Kier molecular flexibility index (Phi) is 6.62. The lowest BCUT2D eigenvalue weighted by Crippen LogP contribution is -2.30. The maximum absolute atomic E-state index is 12.9. The van der Waals surface area contributed by atoms with Crippen LogP contribution >= 0.6 is 0 Å². The molecule has 0 heterocycles. The van der Waals surface area contributed by atoms with Crippen molar-refractivity contribution in [2.45, 2.75) is 37.8 Å². The van der Waals surface area contributed by atoms with Gasteiger partial charge in [-0.1, -0.05) is 60.7 Å². The summed E-state index contributed by atoms with van der Waals surface area (Å²) in [6, 6.07) is 27.3. The number of benzene rings is 3. The predicted octanol–water partition coefficient (Wildman–Crippen LogP) is 5.07. The van der Waals surface area contributed by atoms with Crippen LogP contribution in [0.5, 0.6) is 0 Å². The molecule has 0 spiro atoms. The normalized spacial score (nSPS) is 13.8. The molecule has 3 aromatic rings. The van der Waals surface area contributed by atoms with Gasteiger partial charge in [-0.05, 0) is 61.1 Å². The molecule has 3 amide bonds. The molecule has 4 rings (SSSR count). The van der Waals surface area contributed by atoms with Gasteiger partial charge in [0.25, 0.3) is 5.91 Å². The van der Waals surface area contributed by atoms with Crippen LogP contribution in [0.25, 0.3) is 0 Å². The van der Waals surface area contributed by atoms with E-state index in [2.05, 4.69) is 28.1 Å². The first-order valence-electron chi connectivity index (χ1n) is 10.7. The highest BCUT2D eigenvalue weighted by molar-refractivity contribution is 5.95. The van der Waals surface area contributed by atoms with Crippen LogP contribution in [0.2, 0.25) is 0 Å². The Bertz CT molecular complexity index is 1000. The van der Waals surface area contributed by atoms with E-state index in [1.807, 2.05) is 48.5 Å². The first-order valence-corrected chi connectivity index (χ1v) is 10.7. The molecule has 1 fully saturated rings. The maximum atomic E-state index is 12.9. The number of rotatable bonds is 8. The highest BCUT2D eigenvalue weighted by Gasteiger charge is 2.23. The minimum absolute atomic E-state index is 0.0870. The summed E-state index contributed by atoms with van der Waals surface area (Å²) in [6.45, 7) is 0. The summed E-state index contributed by atoms with van der Waals surface area (Å²) in [6.07, 6.45) is 3.76. The third-order valence-electron chi connectivity index (χ3n) is 5.39. The van der Waals surface area contributed by atoms with Gasteiger partial charge in [0.2, 0.25) is 0 Å². The second kappa shape index (κ2) is 9.94. The van der Waals surface area contributed by atoms with Gasteiger partial charge in [0.15, 0.2) is 0 Å². The van der Waals surface area contributed by atoms with Crippen molar-refractivity contribution in [3.8, 4) is 0 Å². The quantitative estimate of drug-likeness (QED) is 0.482. The van der Waals surface area contributed by atoms with Crippen molar-refractivity contribution in [2.24, 2.45) is 0 Å². The van der Waals surface area contributed by atoms with E-state index in [4.69, 9.17) is 0 Å². The summed E-state index contributed by atoms with van der Waals surface area (Å²) in [7, 11) is 0. The Morgan fingerprint density at radius 1 is 0.839 bits per heavy atom. The van der Waals surface area contributed by atoms with Crippen molar-refractivity contribution in [1.82, 2.24) is 10.6 Å². The molecule has 5 nitrogen and oxygen atoms in total. The molecule has 0 saturated heterocycles. The van der Waals surface area contributed by atoms with Crippen LogP contribution in [0, 0.1) is 0 Å². The van der Waals surface area contributed by atoms with E-state index in [9.17, 15) is 9.59 Å². The SMILES string of the molecule is O=C(Nc1ccc(C(=O)NC(CCc2ccccc2)c2ccccc2)cc1)NC1CC1. The van der Waals surface area contributed by atoms with Crippen LogP contribution in [-0.2, 0) is 6.42 Å². The average molecular weight is 414 g/mol. The minimum atomic E-state index is -0.204. The van der Waals surface area contributed by atoms with E-state index < -0.39 is 0 Å². The molecule has 158 valence electrons. The lowest BCUT2D eigenvalue weighted by molar-refractivity contribution is 0.0934. The van der Waals surface area contributed by atoms with E-state index in [-0.39, 0.29) is 18.0 Å². The zero-order valence-electron chi connectivity index (χ0n) is 17.4. The van der Waals surface area contributed by atoms with Crippen LogP contribution in [0.3, 0.4) is 0 Å². The van der Waals surface area contributed by atoms with Gasteiger partial charge in [0, 0.05) is 17.3 Å². The second-order valence-electron chi connectivity index (χ2n) is 7.91. The molecular weight excluding hydrogens is 386 g/mol. The first kappa shape index (κ1) is 20.7. The van der Waals surface area contributed by atoms with Gasteiger partial charge >= 0.3 is 6.03 Å². The van der Waals surface area contributed by atoms with Gasteiger partial charge in [-0.25, -0.2) is 4.79 Å². The van der Waals surface area contributed by atoms with Gasteiger partial charge in [-0.3, -0.25) is 4.79 Å². The van der Waals surface area contributed by atoms with Crippen LogP contribution in [0.15, 0.2) is 84.9 Å². The lowest BCUT2D eigenvalue weighted by Gasteiger charge is -2.20. The zero-order chi connectivity index (χ0) is 21.5. The van der Waals surface area contributed by atoms with Gasteiger partial charge < -0.3 is 16.0 Å². The molecular formula is C26H27N3O2. The van der Waals surface area contributed by atoms with E-state index >= 15 is 0 Å². The highest BCUT2D eigenvalue weighted by atomic mass is 16.2. The maximum Gasteiger partial charge on any atom is 0.319 e. The predicted molar refractivity (Wildman–Crippen MR) is 123 cm³/mol. The van der Waals surface area contributed by atoms with Crippen LogP contribution in [0.4, 0.5) is 10.5 Å². The number of amides is 3. The van der Waals surface area contributed by atoms with Crippen molar-refractivity contribution in [3.05, 3.63) is 102 Å². The van der Waals surface area contributed by atoms with Gasteiger partial charge in [-0.15, -0.1) is 0 Å². The highest BCUT2D eigenvalue weighted by Crippen LogP contribution is 2.21. The Labute approximate surface area is 182 Å². The first-order chi connectivity index (χ1) is 15.2. The second-order valence-corrected chi connectivity index (χ2v) is 7.91. The Balaban J connectivity index is 1.39. The summed E-state index contributed by atoms with van der Waals surface area (Å²) in [5.41, 5.74) is 3.56. The van der Waals surface area contributed by atoms with Crippen molar-refractivity contribution < 1.29 is 9.59 Å². The lowest BCUT2D eigenvalue weighted by atomic mass is 9.98. The number of aryl methyl sites for hydroxylation is 1. The van der Waals surface area contributed by atoms with Gasteiger partial charge in [-0.2, -0.15) is 0 Å². The topological polar surface area (TPSA) is 70.2 Å². The number of nitrogens with one attached hydrogen (secondary N) is 3. The van der Waals surface area contributed by atoms with E-state index in [1.165, 1.54) is 5.56 Å². The fourth-order valence-electron chi connectivity index (χ4n) is 3.49. The summed E-state index contributed by atoms with van der Waals surface area (Å²) in [5.74, 6) is -0.129. The molecule has 1 aliphatic carbocycles. The van der Waals surface area contributed by atoms with Crippen molar-refractivity contribution >= 4 is 17.6 Å². The minimum Gasteiger partial charge on any atom is -0.345 e. The molecule has 1 atom stereocenters. The zero-order valence-corrected chi connectivity index (χ0v) is 17.4. The van der Waals surface area contributed by atoms with Crippen molar-refractivity contribution in [1.29, 1.82) is 0 Å².